The quantitative estimate of drug-likeness (QED) is 0.161. The van der Waals surface area contributed by atoms with Gasteiger partial charge in [0.05, 0.1) is 0 Å². The van der Waals surface area contributed by atoms with Crippen molar-refractivity contribution >= 4 is 5.57 Å². The summed E-state index contributed by atoms with van der Waals surface area (Å²) < 4.78 is 0. The molecule has 0 fully saturated rings. The van der Waals surface area contributed by atoms with E-state index >= 15 is 0 Å². The van der Waals surface area contributed by atoms with Crippen LogP contribution < -0.4 is 37.2 Å². The first-order valence-corrected chi connectivity index (χ1v) is 10.4. The summed E-state index contributed by atoms with van der Waals surface area (Å²) in [6.45, 7) is 0. The second kappa shape index (κ2) is 13.7. The molecule has 0 aromatic heterocycles. The molecule has 1 aliphatic rings. The Balaban J connectivity index is 0.00000144. The van der Waals surface area contributed by atoms with Gasteiger partial charge in [0.1, 0.15) is 0 Å². The zero-order valence-electron chi connectivity index (χ0n) is 18.5. The summed E-state index contributed by atoms with van der Waals surface area (Å²) in [6.07, 6.45) is 6.65. The largest absolute Gasteiger partial charge is 4.00 e. The van der Waals surface area contributed by atoms with E-state index in [1.165, 1.54) is 33.4 Å². The van der Waals surface area contributed by atoms with Gasteiger partial charge in [0.25, 0.3) is 0 Å². The molecule has 0 radical (unpaired) electrons. The van der Waals surface area contributed by atoms with Crippen molar-refractivity contribution in [3.05, 3.63) is 161 Å². The first-order valence-electron chi connectivity index (χ1n) is 10.4. The standard InChI is InChI=1S/C30H23.3ClH.Ti/c1-5-14-24(15-6-1)28-22-13-23-29(28)30(25-16-7-2-8-17-25,26-18-9-3-10-19-26)27-20-11-4-12-21-27;;;;/h1-21H,23H2;3*1H;/q-1;;;;+4/p-3. The van der Waals surface area contributed by atoms with Crippen LogP contribution in [0.3, 0.4) is 0 Å². The maximum atomic E-state index is 3.59. The van der Waals surface area contributed by atoms with Crippen LogP contribution in [0.5, 0.6) is 0 Å². The summed E-state index contributed by atoms with van der Waals surface area (Å²) in [5.74, 6) is 0. The molecule has 0 aliphatic heterocycles. The Hall–Kier alpha value is -2.06. The van der Waals surface area contributed by atoms with E-state index in [1.54, 1.807) is 0 Å². The van der Waals surface area contributed by atoms with Crippen LogP contribution in [0, 0.1) is 6.08 Å². The van der Waals surface area contributed by atoms with Gasteiger partial charge in [0.2, 0.25) is 0 Å². The molecule has 0 saturated heterocycles. The van der Waals surface area contributed by atoms with Gasteiger partial charge < -0.3 is 37.2 Å². The molecule has 4 heteroatoms. The summed E-state index contributed by atoms with van der Waals surface area (Å²) in [5, 5.41) is 0. The third-order valence-electron chi connectivity index (χ3n) is 5.99. The number of rotatable bonds is 5. The SMILES string of the molecule is [C-]1=CCC(C(c2ccccc2)(c2ccccc2)c2ccccc2)=C1c1ccccc1.[Cl-].[Cl-].[Cl-].[Ti+4]. The predicted molar refractivity (Wildman–Crippen MR) is 125 cm³/mol. The van der Waals surface area contributed by atoms with Gasteiger partial charge in [-0.05, 0) is 16.7 Å². The number of hydrogen-bond donors (Lipinski definition) is 0. The average Bonchev–Trinajstić information content (AvgIpc) is 3.33. The fourth-order valence-electron chi connectivity index (χ4n) is 4.73. The Bertz CT molecular complexity index is 1090. The van der Waals surface area contributed by atoms with Crippen molar-refractivity contribution in [1.29, 1.82) is 0 Å². The Morgan fingerprint density at radius 3 is 1.24 bits per heavy atom. The molecule has 4 aromatic carbocycles. The molecule has 0 heterocycles. The Labute approximate surface area is 236 Å². The van der Waals surface area contributed by atoms with E-state index in [-0.39, 0.29) is 64.4 Å². The maximum Gasteiger partial charge on any atom is 4.00 e. The molecule has 0 atom stereocenters. The van der Waals surface area contributed by atoms with Gasteiger partial charge >= 0.3 is 21.7 Å². The Morgan fingerprint density at radius 2 is 0.853 bits per heavy atom. The van der Waals surface area contributed by atoms with Crippen molar-refractivity contribution in [3.63, 3.8) is 0 Å². The minimum Gasteiger partial charge on any atom is -1.00 e. The summed E-state index contributed by atoms with van der Waals surface area (Å²) in [4.78, 5) is 0. The topological polar surface area (TPSA) is 0 Å². The molecular formula is C30H23Cl3Ti. The van der Waals surface area contributed by atoms with E-state index < -0.39 is 0 Å². The van der Waals surface area contributed by atoms with Gasteiger partial charge in [-0.1, -0.05) is 116 Å². The smallest absolute Gasteiger partial charge is 1.00 e. The minimum atomic E-state index is -0.380. The van der Waals surface area contributed by atoms with E-state index in [0.717, 1.165) is 6.42 Å². The van der Waals surface area contributed by atoms with Gasteiger partial charge in [-0.15, -0.1) is 23.3 Å². The monoisotopic (exact) mass is 536 g/mol. The van der Waals surface area contributed by atoms with Gasteiger partial charge in [0.15, 0.2) is 0 Å². The zero-order chi connectivity index (χ0) is 20.2. The van der Waals surface area contributed by atoms with Crippen LogP contribution in [0.25, 0.3) is 5.57 Å². The van der Waals surface area contributed by atoms with Crippen LogP contribution in [0.4, 0.5) is 0 Å². The van der Waals surface area contributed by atoms with Crippen LogP contribution in [0.2, 0.25) is 0 Å². The molecular weight excluding hydrogens is 515 g/mol. The molecule has 0 bridgehead atoms. The van der Waals surface area contributed by atoms with Gasteiger partial charge in [-0.2, -0.15) is 17.7 Å². The van der Waals surface area contributed by atoms with Crippen molar-refractivity contribution in [2.75, 3.05) is 0 Å². The molecule has 168 valence electrons. The van der Waals surface area contributed by atoms with E-state index in [4.69, 9.17) is 0 Å². The predicted octanol–water partition coefficient (Wildman–Crippen LogP) is -1.75. The van der Waals surface area contributed by atoms with Crippen molar-refractivity contribution < 1.29 is 58.9 Å². The Morgan fingerprint density at radius 1 is 0.500 bits per heavy atom. The second-order valence-corrected chi connectivity index (χ2v) is 7.62. The van der Waals surface area contributed by atoms with Crippen LogP contribution in [-0.4, -0.2) is 0 Å². The third kappa shape index (κ3) is 5.43. The van der Waals surface area contributed by atoms with Gasteiger partial charge in [-0.3, -0.25) is 0 Å². The first-order chi connectivity index (χ1) is 14.9. The number of benzene rings is 4. The van der Waals surface area contributed by atoms with E-state index in [1.807, 2.05) is 0 Å². The van der Waals surface area contributed by atoms with Gasteiger partial charge in [0, 0.05) is 5.41 Å². The number of halogens is 3. The fraction of sp³-hybridized carbons (Fsp3) is 0.0667. The fourth-order valence-corrected chi connectivity index (χ4v) is 4.73. The van der Waals surface area contributed by atoms with Crippen molar-refractivity contribution in [3.8, 4) is 0 Å². The van der Waals surface area contributed by atoms with E-state index in [9.17, 15) is 0 Å². The zero-order valence-corrected chi connectivity index (χ0v) is 22.3. The summed E-state index contributed by atoms with van der Waals surface area (Å²) in [6, 6.07) is 43.3. The van der Waals surface area contributed by atoms with Gasteiger partial charge in [-0.25, -0.2) is 0 Å². The third-order valence-corrected chi connectivity index (χ3v) is 5.99. The minimum absolute atomic E-state index is 0. The normalized spacial score (nSPS) is 12.0. The van der Waals surface area contributed by atoms with Crippen molar-refractivity contribution in [2.45, 2.75) is 11.8 Å². The molecule has 0 amide bonds. The molecule has 0 spiro atoms. The van der Waals surface area contributed by atoms with E-state index in [2.05, 4.69) is 133 Å². The first kappa shape index (κ1) is 30.0. The van der Waals surface area contributed by atoms with Crippen LogP contribution in [0.15, 0.2) is 133 Å². The van der Waals surface area contributed by atoms with Crippen LogP contribution in [0.1, 0.15) is 28.7 Å². The molecule has 34 heavy (non-hydrogen) atoms. The van der Waals surface area contributed by atoms with Crippen LogP contribution >= 0.6 is 0 Å². The van der Waals surface area contributed by atoms with E-state index in [0.29, 0.717) is 0 Å². The number of allylic oxidation sites excluding steroid dienone is 4. The molecule has 0 N–H and O–H groups in total. The molecule has 0 unspecified atom stereocenters. The van der Waals surface area contributed by atoms with Crippen molar-refractivity contribution in [2.24, 2.45) is 0 Å². The molecule has 5 rings (SSSR count). The molecule has 1 aliphatic carbocycles. The second-order valence-electron chi connectivity index (χ2n) is 7.62. The average molecular weight is 538 g/mol. The molecule has 0 saturated carbocycles. The molecule has 0 nitrogen and oxygen atoms in total. The molecule has 4 aromatic rings. The summed E-state index contributed by atoms with van der Waals surface area (Å²) in [7, 11) is 0. The number of hydrogen-bond acceptors (Lipinski definition) is 0. The van der Waals surface area contributed by atoms with Crippen LogP contribution in [-0.2, 0) is 27.1 Å². The summed E-state index contributed by atoms with van der Waals surface area (Å²) >= 11 is 0. The summed E-state index contributed by atoms with van der Waals surface area (Å²) in [5.41, 5.74) is 7.25. The van der Waals surface area contributed by atoms with Crippen molar-refractivity contribution in [1.82, 2.24) is 0 Å². The Kier molecular flexibility index (Phi) is 12.1. The maximum absolute atomic E-state index is 3.59.